The number of hydrogen-bond donors (Lipinski definition) is 2. The van der Waals surface area contributed by atoms with E-state index in [1.807, 2.05) is 24.4 Å². The topological polar surface area (TPSA) is 98.8 Å². The van der Waals surface area contributed by atoms with Crippen molar-refractivity contribution in [2.45, 2.75) is 32.7 Å². The zero-order chi connectivity index (χ0) is 19.8. The molecule has 1 aliphatic rings. The number of nitrogens with one attached hydrogen (secondary N) is 2. The van der Waals surface area contributed by atoms with Crippen LogP contribution < -0.4 is 15.5 Å². The van der Waals surface area contributed by atoms with Gasteiger partial charge in [-0.05, 0) is 31.0 Å². The maximum absolute atomic E-state index is 13.1. The van der Waals surface area contributed by atoms with Crippen molar-refractivity contribution in [1.29, 1.82) is 0 Å². The van der Waals surface area contributed by atoms with Crippen LogP contribution in [0.4, 0.5) is 5.69 Å². The van der Waals surface area contributed by atoms with E-state index in [0.29, 0.717) is 18.4 Å². The quantitative estimate of drug-likeness (QED) is 0.641. The van der Waals surface area contributed by atoms with Gasteiger partial charge in [0.25, 0.3) is 5.91 Å². The van der Waals surface area contributed by atoms with Crippen molar-refractivity contribution in [3.05, 3.63) is 29.3 Å². The molecule has 2 rings (SSSR count). The van der Waals surface area contributed by atoms with Crippen molar-refractivity contribution < 1.29 is 19.2 Å². The van der Waals surface area contributed by atoms with E-state index in [2.05, 4.69) is 10.2 Å². The fourth-order valence-corrected chi connectivity index (χ4v) is 3.19. The number of benzene rings is 1. The first-order valence-electron chi connectivity index (χ1n) is 9.11. The van der Waals surface area contributed by atoms with Gasteiger partial charge >= 0.3 is 0 Å². The van der Waals surface area contributed by atoms with E-state index in [0.717, 1.165) is 42.3 Å². The van der Waals surface area contributed by atoms with Crippen LogP contribution in [0.2, 0.25) is 0 Å². The molecule has 8 heteroatoms. The molecule has 0 bridgehead atoms. The summed E-state index contributed by atoms with van der Waals surface area (Å²) < 4.78 is 0. The van der Waals surface area contributed by atoms with Crippen molar-refractivity contribution in [2.24, 2.45) is 0 Å². The van der Waals surface area contributed by atoms with Gasteiger partial charge in [0.2, 0.25) is 18.7 Å². The normalized spacial score (nSPS) is 15.0. The van der Waals surface area contributed by atoms with Crippen LogP contribution in [0, 0.1) is 6.92 Å². The Hall–Kier alpha value is -2.74. The Kier molecular flexibility index (Phi) is 7.48. The Bertz CT molecular complexity index is 701. The van der Waals surface area contributed by atoms with Gasteiger partial charge in [0.1, 0.15) is 6.04 Å². The molecule has 0 radical (unpaired) electrons. The second-order valence-corrected chi connectivity index (χ2v) is 6.49. The smallest absolute Gasteiger partial charge is 0.261 e. The van der Waals surface area contributed by atoms with Crippen LogP contribution in [0.15, 0.2) is 18.2 Å². The van der Waals surface area contributed by atoms with Gasteiger partial charge in [-0.25, -0.2) is 0 Å². The van der Waals surface area contributed by atoms with Crippen molar-refractivity contribution in [3.63, 3.8) is 0 Å². The second kappa shape index (κ2) is 9.82. The first kappa shape index (κ1) is 20.6. The molecule has 1 aromatic carbocycles. The summed E-state index contributed by atoms with van der Waals surface area (Å²) in [6.45, 7) is 7.01. The first-order chi connectivity index (χ1) is 13.0. The Morgan fingerprint density at radius 3 is 2.59 bits per heavy atom. The third kappa shape index (κ3) is 4.91. The van der Waals surface area contributed by atoms with Crippen LogP contribution in [-0.2, 0) is 14.4 Å². The molecule has 1 atom stereocenters. The number of amides is 4. The van der Waals surface area contributed by atoms with Crippen LogP contribution >= 0.6 is 0 Å². The van der Waals surface area contributed by atoms with Gasteiger partial charge in [-0.3, -0.25) is 29.4 Å². The zero-order valence-electron chi connectivity index (χ0n) is 15.7. The van der Waals surface area contributed by atoms with E-state index >= 15 is 0 Å². The Labute approximate surface area is 158 Å². The summed E-state index contributed by atoms with van der Waals surface area (Å²) in [4.78, 5) is 50.5. The van der Waals surface area contributed by atoms with Crippen molar-refractivity contribution in [2.75, 3.05) is 31.1 Å². The van der Waals surface area contributed by atoms with Crippen molar-refractivity contribution in [3.8, 4) is 0 Å². The van der Waals surface area contributed by atoms with E-state index in [4.69, 9.17) is 0 Å². The highest BCUT2D eigenvalue weighted by atomic mass is 16.2. The third-order valence-electron chi connectivity index (χ3n) is 4.68. The second-order valence-electron chi connectivity index (χ2n) is 6.49. The summed E-state index contributed by atoms with van der Waals surface area (Å²) >= 11 is 0. The average Bonchev–Trinajstić information content (AvgIpc) is 2.69. The lowest BCUT2D eigenvalue weighted by Crippen LogP contribution is -2.49. The number of aryl methyl sites for hydroxylation is 1. The molecule has 1 unspecified atom stereocenters. The van der Waals surface area contributed by atoms with Crippen LogP contribution in [0.5, 0.6) is 0 Å². The molecule has 1 aromatic rings. The predicted octanol–water partition coefficient (Wildman–Crippen LogP) is 0.445. The lowest BCUT2D eigenvalue weighted by Gasteiger charge is -2.30. The summed E-state index contributed by atoms with van der Waals surface area (Å²) in [5.74, 6) is -1.21. The van der Waals surface area contributed by atoms with Gasteiger partial charge in [0.05, 0.1) is 0 Å². The lowest BCUT2D eigenvalue weighted by atomic mass is 10.0. The van der Waals surface area contributed by atoms with Crippen molar-refractivity contribution in [1.82, 2.24) is 15.5 Å². The average molecular weight is 374 g/mol. The number of carbonyl (C=O) groups is 4. The van der Waals surface area contributed by atoms with E-state index in [1.54, 1.807) is 13.0 Å². The summed E-state index contributed by atoms with van der Waals surface area (Å²) in [6.07, 6.45) is 1.48. The van der Waals surface area contributed by atoms with E-state index < -0.39 is 17.9 Å². The molecule has 27 heavy (non-hydrogen) atoms. The Morgan fingerprint density at radius 1 is 1.30 bits per heavy atom. The van der Waals surface area contributed by atoms with Crippen LogP contribution in [0.3, 0.4) is 0 Å². The molecule has 0 saturated carbocycles. The van der Waals surface area contributed by atoms with Gasteiger partial charge in [-0.15, -0.1) is 0 Å². The molecular weight excluding hydrogens is 348 g/mol. The third-order valence-corrected chi connectivity index (χ3v) is 4.68. The molecule has 8 nitrogen and oxygen atoms in total. The van der Waals surface area contributed by atoms with Crippen LogP contribution in [0.25, 0.3) is 0 Å². The molecule has 0 spiro atoms. The number of hydrogen-bond acceptors (Lipinski definition) is 6. The van der Waals surface area contributed by atoms with Gasteiger partial charge in [0, 0.05) is 37.4 Å². The summed E-state index contributed by atoms with van der Waals surface area (Å²) in [7, 11) is 0. The highest BCUT2D eigenvalue weighted by Crippen LogP contribution is 2.22. The highest BCUT2D eigenvalue weighted by molar-refractivity contribution is 6.05. The first-order valence-corrected chi connectivity index (χ1v) is 9.11. The van der Waals surface area contributed by atoms with Crippen molar-refractivity contribution >= 4 is 30.3 Å². The van der Waals surface area contributed by atoms with Gasteiger partial charge in [0.15, 0.2) is 0 Å². The minimum atomic E-state index is -1.02. The molecule has 4 amide bonds. The molecule has 1 aliphatic heterocycles. The standard InChI is InChI=1S/C19H26N4O4/c1-3-4-17(18(26)21-12-24)23(13-25)19(27)16-11-15(6-5-14(16)2)22-9-7-20-8-10-22/h5-6,11-13,17,20H,3-4,7-10H2,1-2H3,(H,21,24,26). The molecule has 146 valence electrons. The fourth-order valence-electron chi connectivity index (χ4n) is 3.19. The number of rotatable bonds is 8. The summed E-state index contributed by atoms with van der Waals surface area (Å²) in [6, 6.07) is 4.53. The molecule has 0 aromatic heterocycles. The van der Waals surface area contributed by atoms with Gasteiger partial charge in [-0.2, -0.15) is 0 Å². The molecule has 2 N–H and O–H groups in total. The Morgan fingerprint density at radius 2 is 2.00 bits per heavy atom. The molecule has 0 aliphatic carbocycles. The molecular formula is C19H26N4O4. The van der Waals surface area contributed by atoms with Crippen LogP contribution in [-0.4, -0.2) is 61.8 Å². The van der Waals surface area contributed by atoms with Gasteiger partial charge in [-0.1, -0.05) is 19.4 Å². The highest BCUT2D eigenvalue weighted by Gasteiger charge is 2.30. The largest absolute Gasteiger partial charge is 0.369 e. The fraction of sp³-hybridized carbons (Fsp3) is 0.474. The van der Waals surface area contributed by atoms with E-state index in [-0.39, 0.29) is 12.8 Å². The number of nitrogens with zero attached hydrogens (tertiary/aromatic N) is 2. The summed E-state index contributed by atoms with van der Waals surface area (Å²) in [5.41, 5.74) is 2.00. The lowest BCUT2D eigenvalue weighted by molar-refractivity contribution is -0.133. The SMILES string of the molecule is CCCC(C(=O)NC=O)N(C=O)C(=O)c1cc(N2CCNCC2)ccc1C. The maximum atomic E-state index is 13.1. The van der Waals surface area contributed by atoms with E-state index in [1.165, 1.54) is 0 Å². The zero-order valence-corrected chi connectivity index (χ0v) is 15.7. The summed E-state index contributed by atoms with van der Waals surface area (Å²) in [5, 5.41) is 5.32. The Balaban J connectivity index is 2.33. The maximum Gasteiger partial charge on any atom is 0.261 e. The minimum absolute atomic E-state index is 0.259. The number of imide groups is 2. The monoisotopic (exact) mass is 374 g/mol. The predicted molar refractivity (Wildman–Crippen MR) is 101 cm³/mol. The van der Waals surface area contributed by atoms with Gasteiger partial charge < -0.3 is 10.2 Å². The number of carbonyl (C=O) groups excluding carboxylic acids is 4. The number of piperazine rings is 1. The molecule has 1 saturated heterocycles. The van der Waals surface area contributed by atoms with Crippen LogP contribution in [0.1, 0.15) is 35.7 Å². The molecule has 1 fully saturated rings. The van der Waals surface area contributed by atoms with E-state index in [9.17, 15) is 19.2 Å². The number of anilines is 1. The minimum Gasteiger partial charge on any atom is -0.369 e. The molecule has 1 heterocycles.